The van der Waals surface area contributed by atoms with Crippen LogP contribution in [0.1, 0.15) is 18.1 Å². The zero-order valence-corrected chi connectivity index (χ0v) is 18.4. The summed E-state index contributed by atoms with van der Waals surface area (Å²) < 4.78 is 11.3. The Labute approximate surface area is 183 Å². The van der Waals surface area contributed by atoms with Crippen molar-refractivity contribution in [2.24, 2.45) is 0 Å². The fraction of sp³-hybridized carbons (Fsp3) is 0.421. The van der Waals surface area contributed by atoms with Crippen LogP contribution in [-0.2, 0) is 13.2 Å². The molecule has 2 aromatic rings. The van der Waals surface area contributed by atoms with E-state index in [9.17, 15) is 5.11 Å². The lowest BCUT2D eigenvalue weighted by Crippen LogP contribution is -2.31. The third-order valence-corrected chi connectivity index (χ3v) is 3.88. The van der Waals surface area contributed by atoms with Crippen LogP contribution in [0.15, 0.2) is 36.5 Å². The van der Waals surface area contributed by atoms with Gasteiger partial charge in [0.15, 0.2) is 11.5 Å². The Morgan fingerprint density at radius 1 is 1.07 bits per heavy atom. The Hall–Kier alpha value is -1.28. The maximum atomic E-state index is 9.18. The van der Waals surface area contributed by atoms with E-state index in [2.05, 4.69) is 15.6 Å². The second-order valence-corrected chi connectivity index (χ2v) is 6.38. The molecular formula is C19H28Cl3N3O3. The van der Waals surface area contributed by atoms with Crippen LogP contribution in [0, 0.1) is 0 Å². The van der Waals surface area contributed by atoms with Crippen molar-refractivity contribution in [2.45, 2.75) is 26.2 Å². The molecule has 1 unspecified atom stereocenters. The normalized spacial score (nSPS) is 11.1. The molecule has 0 aliphatic heterocycles. The van der Waals surface area contributed by atoms with Gasteiger partial charge in [0.05, 0.1) is 13.2 Å². The van der Waals surface area contributed by atoms with Crippen LogP contribution in [0.2, 0.25) is 5.15 Å². The molecule has 6 nitrogen and oxygen atoms in total. The van der Waals surface area contributed by atoms with Crippen LogP contribution >= 0.6 is 36.4 Å². The van der Waals surface area contributed by atoms with Crippen LogP contribution in [-0.4, -0.2) is 42.9 Å². The number of nitrogens with zero attached hydrogens (tertiary/aromatic N) is 1. The first kappa shape index (κ1) is 26.7. The van der Waals surface area contributed by atoms with Crippen molar-refractivity contribution in [1.82, 2.24) is 15.6 Å². The van der Waals surface area contributed by atoms with Gasteiger partial charge in [-0.05, 0) is 30.7 Å². The number of benzene rings is 1. The number of aromatic nitrogens is 1. The summed E-state index contributed by atoms with van der Waals surface area (Å²) in [5.74, 6) is 1.38. The number of nitrogens with one attached hydrogen (secondary N) is 2. The van der Waals surface area contributed by atoms with Gasteiger partial charge in [-0.25, -0.2) is 4.98 Å². The van der Waals surface area contributed by atoms with Gasteiger partial charge < -0.3 is 25.2 Å². The first-order chi connectivity index (χ1) is 12.6. The van der Waals surface area contributed by atoms with E-state index in [1.165, 1.54) is 0 Å². The molecule has 0 spiro atoms. The number of hydrogen-bond acceptors (Lipinski definition) is 6. The maximum Gasteiger partial charge on any atom is 0.161 e. The highest BCUT2D eigenvalue weighted by Gasteiger charge is 2.07. The highest BCUT2D eigenvalue weighted by molar-refractivity contribution is 6.29. The molecule has 0 amide bonds. The van der Waals surface area contributed by atoms with Gasteiger partial charge in [0.2, 0.25) is 0 Å². The smallest absolute Gasteiger partial charge is 0.161 e. The van der Waals surface area contributed by atoms with E-state index in [1.54, 1.807) is 26.3 Å². The Balaban J connectivity index is 0.00000364. The number of ether oxygens (including phenoxy) is 2. The van der Waals surface area contributed by atoms with Crippen LogP contribution < -0.4 is 20.1 Å². The molecule has 28 heavy (non-hydrogen) atoms. The minimum Gasteiger partial charge on any atom is -0.493 e. The molecule has 0 saturated carbocycles. The number of rotatable bonds is 11. The van der Waals surface area contributed by atoms with Crippen molar-refractivity contribution in [3.05, 3.63) is 52.8 Å². The van der Waals surface area contributed by atoms with Crippen molar-refractivity contribution >= 4 is 36.4 Å². The fourth-order valence-corrected chi connectivity index (χ4v) is 2.43. The predicted octanol–water partition coefficient (Wildman–Crippen LogP) is 3.23. The quantitative estimate of drug-likeness (QED) is 0.359. The molecule has 1 aromatic heterocycles. The standard InChI is InChI=1S/C19H26ClN3O3.2ClH/c1-14(24)10-21-7-8-22-11-15-3-5-17(18(9-15)25-2)26-13-16-4-6-19(20)23-12-16;;/h3-6,9,12,14,21-22,24H,7-8,10-11,13H2,1-2H3;2*1H. The summed E-state index contributed by atoms with van der Waals surface area (Å²) in [6.07, 6.45) is 1.37. The molecule has 0 fully saturated rings. The number of aliphatic hydroxyl groups excluding tert-OH is 1. The molecular weight excluding hydrogens is 425 g/mol. The number of aliphatic hydroxyl groups is 1. The Kier molecular flexibility index (Phi) is 14.0. The molecule has 0 saturated heterocycles. The van der Waals surface area contributed by atoms with Crippen molar-refractivity contribution in [3.63, 3.8) is 0 Å². The van der Waals surface area contributed by atoms with Crippen molar-refractivity contribution < 1.29 is 14.6 Å². The van der Waals surface area contributed by atoms with Crippen LogP contribution in [0.4, 0.5) is 0 Å². The number of halogens is 3. The lowest BCUT2D eigenvalue weighted by atomic mass is 10.2. The average molecular weight is 453 g/mol. The summed E-state index contributed by atoms with van der Waals surface area (Å²) in [5, 5.41) is 16.2. The largest absolute Gasteiger partial charge is 0.493 e. The van der Waals surface area contributed by atoms with Gasteiger partial charge in [-0.1, -0.05) is 23.7 Å². The fourth-order valence-electron chi connectivity index (χ4n) is 2.31. The van der Waals surface area contributed by atoms with Gasteiger partial charge in [0.25, 0.3) is 0 Å². The SMILES string of the molecule is COc1cc(CNCCNCC(C)O)ccc1OCc1ccc(Cl)nc1.Cl.Cl. The zero-order chi connectivity index (χ0) is 18.8. The van der Waals surface area contributed by atoms with Gasteiger partial charge in [0, 0.05) is 37.9 Å². The third-order valence-electron chi connectivity index (χ3n) is 3.66. The van der Waals surface area contributed by atoms with E-state index < -0.39 is 0 Å². The lowest BCUT2D eigenvalue weighted by molar-refractivity contribution is 0.191. The molecule has 3 N–H and O–H groups in total. The molecule has 1 atom stereocenters. The first-order valence-electron chi connectivity index (χ1n) is 8.58. The zero-order valence-electron chi connectivity index (χ0n) is 16.0. The highest BCUT2D eigenvalue weighted by atomic mass is 35.5. The van der Waals surface area contributed by atoms with E-state index in [-0.39, 0.29) is 30.9 Å². The van der Waals surface area contributed by atoms with Crippen molar-refractivity contribution in [1.29, 1.82) is 0 Å². The Morgan fingerprint density at radius 3 is 2.43 bits per heavy atom. The first-order valence-corrected chi connectivity index (χ1v) is 8.96. The molecule has 0 bridgehead atoms. The van der Waals surface area contributed by atoms with Crippen LogP contribution in [0.5, 0.6) is 11.5 Å². The molecule has 1 aromatic carbocycles. The van der Waals surface area contributed by atoms with E-state index in [0.29, 0.717) is 29.8 Å². The Morgan fingerprint density at radius 2 is 1.79 bits per heavy atom. The molecule has 0 radical (unpaired) electrons. The average Bonchev–Trinajstić information content (AvgIpc) is 2.64. The van der Waals surface area contributed by atoms with E-state index >= 15 is 0 Å². The summed E-state index contributed by atoms with van der Waals surface area (Å²) in [5.41, 5.74) is 2.05. The van der Waals surface area contributed by atoms with Crippen LogP contribution in [0.3, 0.4) is 0 Å². The summed E-state index contributed by atoms with van der Waals surface area (Å²) in [4.78, 5) is 4.04. The number of pyridine rings is 1. The number of hydrogen-bond donors (Lipinski definition) is 3. The summed E-state index contributed by atoms with van der Waals surface area (Å²) >= 11 is 5.78. The van der Waals surface area contributed by atoms with Crippen molar-refractivity contribution in [2.75, 3.05) is 26.7 Å². The third kappa shape index (κ3) is 9.78. The highest BCUT2D eigenvalue weighted by Crippen LogP contribution is 2.28. The van der Waals surface area contributed by atoms with Gasteiger partial charge in [0.1, 0.15) is 11.8 Å². The van der Waals surface area contributed by atoms with E-state index in [4.69, 9.17) is 21.1 Å². The minimum atomic E-state index is -0.324. The second kappa shape index (κ2) is 14.7. The van der Waals surface area contributed by atoms with Gasteiger partial charge in [-0.3, -0.25) is 0 Å². The molecule has 1 heterocycles. The van der Waals surface area contributed by atoms with E-state index in [1.807, 2.05) is 24.3 Å². The minimum absolute atomic E-state index is 0. The number of methoxy groups -OCH3 is 1. The molecule has 158 valence electrons. The maximum absolute atomic E-state index is 9.18. The van der Waals surface area contributed by atoms with Gasteiger partial charge in [-0.15, -0.1) is 24.8 Å². The molecule has 2 rings (SSSR count). The van der Waals surface area contributed by atoms with Crippen LogP contribution in [0.25, 0.3) is 0 Å². The molecule has 0 aliphatic carbocycles. The van der Waals surface area contributed by atoms with Gasteiger partial charge in [-0.2, -0.15) is 0 Å². The monoisotopic (exact) mass is 451 g/mol. The Bertz CT molecular complexity index is 673. The lowest BCUT2D eigenvalue weighted by Gasteiger charge is -2.13. The van der Waals surface area contributed by atoms with Crippen molar-refractivity contribution in [3.8, 4) is 11.5 Å². The van der Waals surface area contributed by atoms with E-state index in [0.717, 1.165) is 30.8 Å². The second-order valence-electron chi connectivity index (χ2n) is 5.99. The molecule has 9 heteroatoms. The van der Waals surface area contributed by atoms with Gasteiger partial charge >= 0.3 is 0 Å². The molecule has 0 aliphatic rings. The summed E-state index contributed by atoms with van der Waals surface area (Å²) in [7, 11) is 1.63. The summed E-state index contributed by atoms with van der Waals surface area (Å²) in [6, 6.07) is 9.50. The summed E-state index contributed by atoms with van der Waals surface area (Å²) in [6.45, 7) is 5.11. The predicted molar refractivity (Wildman–Crippen MR) is 117 cm³/mol. The topological polar surface area (TPSA) is 75.6 Å².